The summed E-state index contributed by atoms with van der Waals surface area (Å²) >= 11 is 0. The fourth-order valence-corrected chi connectivity index (χ4v) is 6.30. The molecule has 1 aliphatic heterocycles. The number of hydrogen-bond donors (Lipinski definition) is 2. The van der Waals surface area contributed by atoms with Gasteiger partial charge in [0.1, 0.15) is 5.56 Å². The number of rotatable bonds is 7. The summed E-state index contributed by atoms with van der Waals surface area (Å²) in [4.78, 5) is 46.9. The molecule has 1 unspecified atom stereocenters. The molecule has 216 valence electrons. The van der Waals surface area contributed by atoms with Gasteiger partial charge in [-0.2, -0.15) is 13.2 Å². The van der Waals surface area contributed by atoms with Crippen LogP contribution in [0.25, 0.3) is 0 Å². The molecule has 1 atom stereocenters. The molecule has 13 heteroatoms. The number of carbonyl (C=O) groups excluding carboxylic acids is 2. The molecule has 41 heavy (non-hydrogen) atoms. The van der Waals surface area contributed by atoms with Crippen LogP contribution in [-0.2, 0) is 20.9 Å². The first kappa shape index (κ1) is 28.6. The zero-order chi connectivity index (χ0) is 29.5. The molecule has 2 aromatic carbocycles. The predicted molar refractivity (Wildman–Crippen MR) is 141 cm³/mol. The Hall–Kier alpha value is -3.97. The standard InChI is InChI=1S/C28H26F3N3O6S/c1-16-22(27(37)34-12-3-13-40-34)15-23(25(35)32-16)26(36)33-24(18-4-2-5-19(14-18)28(29,30)31)17-6-8-20(9-7-17)41(38,39)21-10-11-21/h2,4-9,14-15,21,24H,3,10-13H2,1H3,(H,32,35)(H,33,36). The second-order valence-electron chi connectivity index (χ2n) is 9.99. The van der Waals surface area contributed by atoms with Gasteiger partial charge in [0.15, 0.2) is 9.84 Å². The zero-order valence-corrected chi connectivity index (χ0v) is 22.6. The zero-order valence-electron chi connectivity index (χ0n) is 21.8. The Morgan fingerprint density at radius 3 is 2.37 bits per heavy atom. The topological polar surface area (TPSA) is 126 Å². The Bertz CT molecular complexity index is 1660. The van der Waals surface area contributed by atoms with Crippen LogP contribution in [0.2, 0.25) is 0 Å². The largest absolute Gasteiger partial charge is 0.416 e. The summed E-state index contributed by atoms with van der Waals surface area (Å²) in [7, 11) is -3.52. The van der Waals surface area contributed by atoms with Crippen LogP contribution in [0.1, 0.15) is 68.4 Å². The Kier molecular flexibility index (Phi) is 7.51. The smallest absolute Gasteiger partial charge is 0.341 e. The van der Waals surface area contributed by atoms with Crippen molar-refractivity contribution in [2.24, 2.45) is 0 Å². The van der Waals surface area contributed by atoms with E-state index in [1.165, 1.54) is 43.3 Å². The number of hydrogen-bond acceptors (Lipinski definition) is 6. The average molecular weight is 590 g/mol. The number of nitrogens with one attached hydrogen (secondary N) is 2. The number of aryl methyl sites for hydroxylation is 1. The van der Waals surface area contributed by atoms with E-state index in [1.807, 2.05) is 0 Å². The maximum absolute atomic E-state index is 13.5. The van der Waals surface area contributed by atoms with E-state index < -0.39 is 55.8 Å². The number of nitrogens with zero attached hydrogens (tertiary/aromatic N) is 1. The van der Waals surface area contributed by atoms with E-state index in [2.05, 4.69) is 10.3 Å². The molecule has 5 rings (SSSR count). The van der Waals surface area contributed by atoms with Gasteiger partial charge >= 0.3 is 6.18 Å². The summed E-state index contributed by atoms with van der Waals surface area (Å²) in [5, 5.41) is 3.28. The van der Waals surface area contributed by atoms with E-state index in [-0.39, 0.29) is 27.3 Å². The first-order chi connectivity index (χ1) is 19.4. The molecule has 1 aliphatic carbocycles. The molecule has 9 nitrogen and oxygen atoms in total. The van der Waals surface area contributed by atoms with Crippen LogP contribution in [0.15, 0.2) is 64.3 Å². The van der Waals surface area contributed by atoms with Crippen LogP contribution in [0.3, 0.4) is 0 Å². The van der Waals surface area contributed by atoms with Crippen molar-refractivity contribution < 1.29 is 36.0 Å². The van der Waals surface area contributed by atoms with Gasteiger partial charge in [-0.1, -0.05) is 24.3 Å². The third-order valence-electron chi connectivity index (χ3n) is 7.02. The van der Waals surface area contributed by atoms with Crippen molar-refractivity contribution in [3.8, 4) is 0 Å². The summed E-state index contributed by atoms with van der Waals surface area (Å²) in [6.07, 6.45) is -2.91. The number of aromatic nitrogens is 1. The van der Waals surface area contributed by atoms with E-state index in [9.17, 15) is 36.0 Å². The van der Waals surface area contributed by atoms with E-state index in [0.29, 0.717) is 32.4 Å². The van der Waals surface area contributed by atoms with Crippen molar-refractivity contribution >= 4 is 21.7 Å². The lowest BCUT2D eigenvalue weighted by atomic mass is 9.96. The lowest BCUT2D eigenvalue weighted by Crippen LogP contribution is -2.35. The molecule has 3 aromatic rings. The van der Waals surface area contributed by atoms with Gasteiger partial charge < -0.3 is 10.3 Å². The Morgan fingerprint density at radius 2 is 1.76 bits per heavy atom. The summed E-state index contributed by atoms with van der Waals surface area (Å²) in [6, 6.07) is 9.80. The number of amides is 2. The van der Waals surface area contributed by atoms with Crippen molar-refractivity contribution in [2.75, 3.05) is 13.2 Å². The number of benzene rings is 2. The van der Waals surface area contributed by atoms with Gasteiger partial charge in [0.25, 0.3) is 17.4 Å². The number of aromatic amines is 1. The first-order valence-electron chi connectivity index (χ1n) is 12.9. The minimum absolute atomic E-state index is 0.0295. The second-order valence-corrected chi connectivity index (χ2v) is 12.2. The molecule has 2 fully saturated rings. The van der Waals surface area contributed by atoms with Crippen LogP contribution >= 0.6 is 0 Å². The van der Waals surface area contributed by atoms with Gasteiger partial charge in [0.2, 0.25) is 0 Å². The van der Waals surface area contributed by atoms with Gasteiger partial charge in [-0.05, 0) is 67.6 Å². The highest BCUT2D eigenvalue weighted by atomic mass is 32.2. The monoisotopic (exact) mass is 589 g/mol. The number of H-pyrrole nitrogens is 1. The summed E-state index contributed by atoms with van der Waals surface area (Å²) in [6.45, 7) is 2.18. The fourth-order valence-electron chi connectivity index (χ4n) is 4.64. The van der Waals surface area contributed by atoms with Crippen LogP contribution in [0.5, 0.6) is 0 Å². The number of carbonyl (C=O) groups is 2. The number of alkyl halides is 3. The minimum atomic E-state index is -4.66. The quantitative estimate of drug-likeness (QED) is 0.430. The van der Waals surface area contributed by atoms with Crippen LogP contribution in [0.4, 0.5) is 13.2 Å². The number of pyridine rings is 1. The van der Waals surface area contributed by atoms with Crippen molar-refractivity contribution in [3.63, 3.8) is 0 Å². The molecule has 2 N–H and O–H groups in total. The van der Waals surface area contributed by atoms with E-state index in [4.69, 9.17) is 4.84 Å². The van der Waals surface area contributed by atoms with Crippen LogP contribution in [-0.4, -0.2) is 48.7 Å². The third-order valence-corrected chi connectivity index (χ3v) is 9.30. The van der Waals surface area contributed by atoms with E-state index >= 15 is 0 Å². The van der Waals surface area contributed by atoms with Crippen molar-refractivity contribution in [2.45, 2.75) is 48.5 Å². The number of hydroxylamine groups is 2. The normalized spacial score (nSPS) is 16.4. The molecular weight excluding hydrogens is 563 g/mol. The first-order valence-corrected chi connectivity index (χ1v) is 14.4. The highest BCUT2D eigenvalue weighted by Gasteiger charge is 2.37. The van der Waals surface area contributed by atoms with Gasteiger partial charge in [0.05, 0.1) is 40.5 Å². The van der Waals surface area contributed by atoms with E-state index in [1.54, 1.807) is 0 Å². The van der Waals surface area contributed by atoms with Crippen molar-refractivity contribution in [3.05, 3.63) is 98.5 Å². The molecule has 0 spiro atoms. The van der Waals surface area contributed by atoms with Gasteiger partial charge in [-0.15, -0.1) is 0 Å². The lowest BCUT2D eigenvalue weighted by Gasteiger charge is -2.22. The third kappa shape index (κ3) is 5.91. The summed E-state index contributed by atoms with van der Waals surface area (Å²) in [5.41, 5.74) is -1.59. The van der Waals surface area contributed by atoms with Crippen molar-refractivity contribution in [1.29, 1.82) is 0 Å². The SMILES string of the molecule is Cc1[nH]c(=O)c(C(=O)NC(c2ccc(S(=O)(=O)C3CC3)cc2)c2cccc(C(F)(F)F)c2)cc1C(=O)N1CCCO1. The second kappa shape index (κ2) is 10.8. The number of sulfone groups is 1. The maximum atomic E-state index is 13.5. The minimum Gasteiger partial charge on any atom is -0.341 e. The molecule has 1 saturated carbocycles. The molecule has 2 heterocycles. The lowest BCUT2D eigenvalue weighted by molar-refractivity contribution is -0.137. The van der Waals surface area contributed by atoms with Crippen molar-refractivity contribution in [1.82, 2.24) is 15.4 Å². The Labute approximate surface area is 233 Å². The molecule has 2 aliphatic rings. The molecule has 1 aromatic heterocycles. The van der Waals surface area contributed by atoms with Crippen LogP contribution < -0.4 is 10.9 Å². The summed E-state index contributed by atoms with van der Waals surface area (Å²) in [5.74, 6) is -1.49. The number of halogens is 3. The maximum Gasteiger partial charge on any atom is 0.416 e. The highest BCUT2D eigenvalue weighted by molar-refractivity contribution is 7.92. The van der Waals surface area contributed by atoms with Gasteiger partial charge in [0, 0.05) is 5.69 Å². The van der Waals surface area contributed by atoms with Crippen LogP contribution in [0, 0.1) is 6.92 Å². The predicted octanol–water partition coefficient (Wildman–Crippen LogP) is 3.94. The fraction of sp³-hybridized carbons (Fsp3) is 0.321. The van der Waals surface area contributed by atoms with E-state index in [0.717, 1.165) is 23.3 Å². The van der Waals surface area contributed by atoms with Gasteiger partial charge in [-0.25, -0.2) is 13.5 Å². The molecule has 0 radical (unpaired) electrons. The molecular formula is C28H26F3N3O6S. The molecule has 2 amide bonds. The average Bonchev–Trinajstić information content (AvgIpc) is 3.66. The molecule has 1 saturated heterocycles. The Balaban J connectivity index is 1.52. The Morgan fingerprint density at radius 1 is 1.05 bits per heavy atom. The summed E-state index contributed by atoms with van der Waals surface area (Å²) < 4.78 is 65.8. The van der Waals surface area contributed by atoms with Gasteiger partial charge in [-0.3, -0.25) is 19.2 Å². The molecule has 0 bridgehead atoms. The highest BCUT2D eigenvalue weighted by Crippen LogP contribution is 2.35.